The summed E-state index contributed by atoms with van der Waals surface area (Å²) in [6.07, 6.45) is -4.07. The van der Waals surface area contributed by atoms with Crippen molar-refractivity contribution in [3.05, 3.63) is 41.4 Å². The number of carboxylic acid groups (broad SMARTS) is 1. The van der Waals surface area contributed by atoms with E-state index in [1.807, 2.05) is 6.92 Å². The minimum atomic E-state index is -4.69. The van der Waals surface area contributed by atoms with Crippen LogP contribution in [-0.4, -0.2) is 53.1 Å². The molecule has 0 fully saturated rings. The molecule has 0 saturated carbocycles. The Morgan fingerprint density at radius 2 is 1.85 bits per heavy atom. The maximum Gasteiger partial charge on any atom is 0.433 e. The van der Waals surface area contributed by atoms with E-state index < -0.39 is 41.3 Å². The van der Waals surface area contributed by atoms with Crippen LogP contribution in [0.3, 0.4) is 0 Å². The Morgan fingerprint density at radius 1 is 1.13 bits per heavy atom. The SMILES string of the molecule is CCCCOC(=O)N[C@@H](COC(C)(C)C)c1oc(-c2ccc(OC)c3nc(C(F)(F)F)ccc23)nc1C(=O)O. The highest BCUT2D eigenvalue weighted by Gasteiger charge is 2.34. The molecule has 2 heterocycles. The summed E-state index contributed by atoms with van der Waals surface area (Å²) in [6, 6.07) is 3.70. The summed E-state index contributed by atoms with van der Waals surface area (Å²) in [7, 11) is 1.28. The minimum Gasteiger partial charge on any atom is -0.494 e. The van der Waals surface area contributed by atoms with Gasteiger partial charge in [-0.05, 0) is 51.5 Å². The van der Waals surface area contributed by atoms with Crippen LogP contribution in [0.1, 0.15) is 68.5 Å². The van der Waals surface area contributed by atoms with Gasteiger partial charge in [-0.3, -0.25) is 0 Å². The second-order valence-electron chi connectivity index (χ2n) is 9.55. The fourth-order valence-corrected chi connectivity index (χ4v) is 3.55. The standard InChI is InChI=1S/C26H30F3N3O7/c1-6-7-12-37-24(35)30-16(13-38-25(2,3)4)21-20(23(33)34)32-22(39-21)15-8-10-17(36-5)19-14(15)9-11-18(31-19)26(27,28)29/h8-11,16H,6-7,12-13H2,1-5H3,(H,30,35)(H,33,34)/t16-/m0/s1. The number of ether oxygens (including phenoxy) is 3. The van der Waals surface area contributed by atoms with Crippen molar-refractivity contribution in [1.29, 1.82) is 0 Å². The lowest BCUT2D eigenvalue weighted by atomic mass is 10.1. The predicted molar refractivity (Wildman–Crippen MR) is 134 cm³/mol. The maximum absolute atomic E-state index is 13.3. The van der Waals surface area contributed by atoms with Crippen molar-refractivity contribution in [2.75, 3.05) is 20.3 Å². The van der Waals surface area contributed by atoms with Gasteiger partial charge in [-0.1, -0.05) is 13.3 Å². The van der Waals surface area contributed by atoms with E-state index in [1.54, 1.807) is 20.8 Å². The number of aromatic carboxylic acids is 1. The molecule has 0 aliphatic carbocycles. The first-order valence-corrected chi connectivity index (χ1v) is 12.1. The van der Waals surface area contributed by atoms with E-state index in [9.17, 15) is 27.9 Å². The molecule has 0 saturated heterocycles. The Kier molecular flexibility index (Phi) is 9.05. The van der Waals surface area contributed by atoms with E-state index in [0.717, 1.165) is 12.5 Å². The summed E-state index contributed by atoms with van der Waals surface area (Å²) in [6.45, 7) is 7.24. The molecule has 0 aliphatic heterocycles. The molecule has 2 aromatic heterocycles. The lowest BCUT2D eigenvalue weighted by Crippen LogP contribution is -2.35. The van der Waals surface area contributed by atoms with Crippen LogP contribution in [0.5, 0.6) is 5.75 Å². The van der Waals surface area contributed by atoms with Crippen molar-refractivity contribution in [2.24, 2.45) is 0 Å². The first-order valence-electron chi connectivity index (χ1n) is 12.1. The molecule has 10 nitrogen and oxygen atoms in total. The van der Waals surface area contributed by atoms with Gasteiger partial charge in [0.05, 0.1) is 25.9 Å². The van der Waals surface area contributed by atoms with E-state index in [2.05, 4.69) is 15.3 Å². The number of carbonyl (C=O) groups is 2. The molecule has 0 spiro atoms. The maximum atomic E-state index is 13.3. The number of fused-ring (bicyclic) bond motifs is 1. The number of alkyl carbamates (subject to hydrolysis) is 1. The van der Waals surface area contributed by atoms with E-state index in [4.69, 9.17) is 18.6 Å². The molecule has 1 amide bonds. The number of unbranched alkanes of at least 4 members (excludes halogenated alkanes) is 1. The summed E-state index contributed by atoms with van der Waals surface area (Å²) in [5.41, 5.74) is -2.24. The van der Waals surface area contributed by atoms with Crippen molar-refractivity contribution >= 4 is 23.0 Å². The van der Waals surface area contributed by atoms with Gasteiger partial charge in [0.2, 0.25) is 5.89 Å². The van der Waals surface area contributed by atoms with E-state index in [1.165, 1.54) is 25.3 Å². The smallest absolute Gasteiger partial charge is 0.433 e. The number of carboxylic acids is 1. The molecule has 2 N–H and O–H groups in total. The molecule has 0 aliphatic rings. The summed E-state index contributed by atoms with van der Waals surface area (Å²) in [5.74, 6) is -1.81. The third-order valence-electron chi connectivity index (χ3n) is 5.44. The predicted octanol–water partition coefficient (Wildman–Crippen LogP) is 6.00. The van der Waals surface area contributed by atoms with Crippen molar-refractivity contribution < 1.29 is 46.5 Å². The lowest BCUT2D eigenvalue weighted by molar-refractivity contribution is -0.140. The Bertz CT molecular complexity index is 1330. The fourth-order valence-electron chi connectivity index (χ4n) is 3.55. The zero-order valence-electron chi connectivity index (χ0n) is 22.1. The van der Waals surface area contributed by atoms with Crippen LogP contribution in [0.25, 0.3) is 22.4 Å². The number of benzene rings is 1. The molecule has 212 valence electrons. The molecular formula is C26H30F3N3O7. The number of hydrogen-bond acceptors (Lipinski definition) is 8. The molecular weight excluding hydrogens is 523 g/mol. The number of rotatable bonds is 10. The average Bonchev–Trinajstić information content (AvgIpc) is 3.30. The molecule has 0 bridgehead atoms. The van der Waals surface area contributed by atoms with Gasteiger partial charge < -0.3 is 29.1 Å². The number of methoxy groups -OCH3 is 1. The first kappa shape index (κ1) is 29.7. The second-order valence-corrected chi connectivity index (χ2v) is 9.55. The van der Waals surface area contributed by atoms with Gasteiger partial charge in [0.1, 0.15) is 23.0 Å². The zero-order chi connectivity index (χ0) is 29.0. The number of halogens is 3. The van der Waals surface area contributed by atoms with Gasteiger partial charge in [0.25, 0.3) is 0 Å². The molecule has 0 radical (unpaired) electrons. The van der Waals surface area contributed by atoms with Gasteiger partial charge in [0.15, 0.2) is 11.5 Å². The van der Waals surface area contributed by atoms with Crippen LogP contribution in [0.4, 0.5) is 18.0 Å². The molecule has 39 heavy (non-hydrogen) atoms. The Labute approximate surface area is 222 Å². The Hall–Kier alpha value is -3.87. The first-order chi connectivity index (χ1) is 18.2. The number of oxazole rings is 1. The summed E-state index contributed by atoms with van der Waals surface area (Å²) < 4.78 is 61.9. The van der Waals surface area contributed by atoms with Gasteiger partial charge in [-0.2, -0.15) is 13.2 Å². The van der Waals surface area contributed by atoms with E-state index in [-0.39, 0.29) is 47.1 Å². The van der Waals surface area contributed by atoms with Crippen LogP contribution in [0.2, 0.25) is 0 Å². The summed E-state index contributed by atoms with van der Waals surface area (Å²) in [5, 5.41) is 12.6. The number of alkyl halides is 3. The number of nitrogens with zero attached hydrogens (tertiary/aromatic N) is 2. The van der Waals surface area contributed by atoms with Crippen molar-refractivity contribution in [1.82, 2.24) is 15.3 Å². The summed E-state index contributed by atoms with van der Waals surface area (Å²) in [4.78, 5) is 32.4. The van der Waals surface area contributed by atoms with E-state index >= 15 is 0 Å². The normalized spacial score (nSPS) is 12.8. The third-order valence-corrected chi connectivity index (χ3v) is 5.44. The van der Waals surface area contributed by atoms with Crippen molar-refractivity contribution in [3.63, 3.8) is 0 Å². The van der Waals surface area contributed by atoms with Gasteiger partial charge in [-0.25, -0.2) is 19.6 Å². The van der Waals surface area contributed by atoms with Crippen LogP contribution in [0, 0.1) is 0 Å². The van der Waals surface area contributed by atoms with Crippen molar-refractivity contribution in [2.45, 2.75) is 58.4 Å². The molecule has 13 heteroatoms. The van der Waals surface area contributed by atoms with Crippen molar-refractivity contribution in [3.8, 4) is 17.2 Å². The molecule has 3 aromatic rings. The number of nitrogens with one attached hydrogen (secondary N) is 1. The average molecular weight is 554 g/mol. The number of aromatic nitrogens is 2. The van der Waals surface area contributed by atoms with Crippen LogP contribution >= 0.6 is 0 Å². The fraction of sp³-hybridized carbons (Fsp3) is 0.462. The monoisotopic (exact) mass is 553 g/mol. The highest BCUT2D eigenvalue weighted by atomic mass is 19.4. The highest BCUT2D eigenvalue weighted by molar-refractivity contribution is 5.97. The van der Waals surface area contributed by atoms with Crippen LogP contribution in [0.15, 0.2) is 28.7 Å². The summed E-state index contributed by atoms with van der Waals surface area (Å²) >= 11 is 0. The second kappa shape index (κ2) is 11.9. The number of carbonyl (C=O) groups excluding carboxylic acids is 1. The quantitative estimate of drug-likeness (QED) is 0.290. The topological polar surface area (TPSA) is 133 Å². The molecule has 1 aromatic carbocycles. The molecule has 1 atom stereocenters. The van der Waals surface area contributed by atoms with Gasteiger partial charge in [0, 0.05) is 10.9 Å². The Balaban J connectivity index is 2.11. The number of amides is 1. The molecule has 3 rings (SSSR count). The number of hydrogen-bond donors (Lipinski definition) is 2. The number of pyridine rings is 1. The lowest BCUT2D eigenvalue weighted by Gasteiger charge is -2.24. The Morgan fingerprint density at radius 3 is 2.44 bits per heavy atom. The zero-order valence-corrected chi connectivity index (χ0v) is 22.1. The van der Waals surface area contributed by atoms with E-state index in [0.29, 0.717) is 6.42 Å². The third kappa shape index (κ3) is 7.37. The van der Waals surface area contributed by atoms with Crippen LogP contribution in [-0.2, 0) is 15.7 Å². The minimum absolute atomic E-state index is 0.0676. The highest BCUT2D eigenvalue weighted by Crippen LogP contribution is 2.37. The van der Waals surface area contributed by atoms with Gasteiger partial charge >= 0.3 is 18.2 Å². The largest absolute Gasteiger partial charge is 0.494 e. The van der Waals surface area contributed by atoms with Gasteiger partial charge in [-0.15, -0.1) is 0 Å². The van der Waals surface area contributed by atoms with Crippen LogP contribution < -0.4 is 10.1 Å². The molecule has 0 unspecified atom stereocenters.